The Morgan fingerprint density at radius 1 is 1.29 bits per heavy atom. The van der Waals surface area contributed by atoms with Crippen molar-refractivity contribution >= 4 is 28.2 Å². The van der Waals surface area contributed by atoms with Crippen molar-refractivity contribution in [3.05, 3.63) is 35.4 Å². The fraction of sp³-hybridized carbons (Fsp3) is 0.588. The van der Waals surface area contributed by atoms with Crippen LogP contribution in [0.15, 0.2) is 24.3 Å². The minimum atomic E-state index is -3.11. The van der Waals surface area contributed by atoms with Crippen molar-refractivity contribution in [1.82, 2.24) is 5.32 Å². The molecule has 0 bridgehead atoms. The van der Waals surface area contributed by atoms with E-state index in [1.807, 2.05) is 25.1 Å². The SMILES string of the molecule is CC1(N)CCCCC1C(=O)NCc1ccccc1CS(C)(=O)=O.Cl. The summed E-state index contributed by atoms with van der Waals surface area (Å²) in [7, 11) is -3.11. The molecule has 1 saturated carbocycles. The van der Waals surface area contributed by atoms with Gasteiger partial charge in [0, 0.05) is 18.3 Å². The molecule has 1 aromatic carbocycles. The molecule has 0 saturated heterocycles. The summed E-state index contributed by atoms with van der Waals surface area (Å²) in [6.45, 7) is 2.27. The molecule has 0 radical (unpaired) electrons. The number of halogens is 1. The quantitative estimate of drug-likeness (QED) is 0.826. The highest BCUT2D eigenvalue weighted by Crippen LogP contribution is 2.31. The number of carbonyl (C=O) groups excluding carboxylic acids is 1. The van der Waals surface area contributed by atoms with Gasteiger partial charge in [-0.2, -0.15) is 0 Å². The van der Waals surface area contributed by atoms with Gasteiger partial charge in [0.05, 0.1) is 11.7 Å². The summed E-state index contributed by atoms with van der Waals surface area (Å²) < 4.78 is 23.0. The molecule has 2 unspecified atom stereocenters. The highest BCUT2D eigenvalue weighted by atomic mass is 35.5. The Labute approximate surface area is 150 Å². The number of hydrogen-bond donors (Lipinski definition) is 2. The van der Waals surface area contributed by atoms with Crippen LogP contribution < -0.4 is 11.1 Å². The van der Waals surface area contributed by atoms with Gasteiger partial charge in [0.25, 0.3) is 0 Å². The maximum Gasteiger partial charge on any atom is 0.225 e. The third kappa shape index (κ3) is 5.76. The second-order valence-corrected chi connectivity index (χ2v) is 9.00. The van der Waals surface area contributed by atoms with Gasteiger partial charge in [-0.1, -0.05) is 37.1 Å². The molecule has 7 heteroatoms. The van der Waals surface area contributed by atoms with Gasteiger partial charge in [0.2, 0.25) is 5.91 Å². The molecule has 2 atom stereocenters. The predicted molar refractivity (Wildman–Crippen MR) is 98.6 cm³/mol. The lowest BCUT2D eigenvalue weighted by Crippen LogP contribution is -2.52. The summed E-state index contributed by atoms with van der Waals surface area (Å²) in [5, 5.41) is 2.94. The van der Waals surface area contributed by atoms with Crippen molar-refractivity contribution in [2.45, 2.75) is 50.4 Å². The highest BCUT2D eigenvalue weighted by molar-refractivity contribution is 7.89. The van der Waals surface area contributed by atoms with E-state index in [2.05, 4.69) is 5.32 Å². The normalized spacial score (nSPS) is 24.0. The van der Waals surface area contributed by atoms with Crippen LogP contribution >= 0.6 is 12.4 Å². The van der Waals surface area contributed by atoms with E-state index in [0.29, 0.717) is 6.54 Å². The summed E-state index contributed by atoms with van der Waals surface area (Å²) >= 11 is 0. The Morgan fingerprint density at radius 3 is 2.50 bits per heavy atom. The molecule has 0 heterocycles. The Morgan fingerprint density at radius 2 is 1.92 bits per heavy atom. The minimum absolute atomic E-state index is 0. The lowest BCUT2D eigenvalue weighted by atomic mass is 9.74. The van der Waals surface area contributed by atoms with Crippen molar-refractivity contribution in [3.63, 3.8) is 0 Å². The molecule has 0 aliphatic heterocycles. The maximum atomic E-state index is 12.5. The van der Waals surface area contributed by atoms with Crippen molar-refractivity contribution < 1.29 is 13.2 Å². The van der Waals surface area contributed by atoms with E-state index in [9.17, 15) is 13.2 Å². The number of carbonyl (C=O) groups is 1. The Balaban J connectivity index is 0.00000288. The highest BCUT2D eigenvalue weighted by Gasteiger charge is 2.37. The number of rotatable bonds is 5. The van der Waals surface area contributed by atoms with Gasteiger partial charge in [-0.25, -0.2) is 8.42 Å². The largest absolute Gasteiger partial charge is 0.352 e. The topological polar surface area (TPSA) is 89.3 Å². The van der Waals surface area contributed by atoms with Gasteiger partial charge in [0.1, 0.15) is 0 Å². The van der Waals surface area contributed by atoms with Crippen molar-refractivity contribution in [3.8, 4) is 0 Å². The lowest BCUT2D eigenvalue weighted by Gasteiger charge is -2.37. The number of nitrogens with one attached hydrogen (secondary N) is 1. The maximum absolute atomic E-state index is 12.5. The van der Waals surface area contributed by atoms with E-state index in [1.165, 1.54) is 6.26 Å². The Hall–Kier alpha value is -1.11. The molecule has 1 aromatic rings. The van der Waals surface area contributed by atoms with Gasteiger partial charge in [0.15, 0.2) is 9.84 Å². The number of nitrogens with two attached hydrogens (primary N) is 1. The van der Waals surface area contributed by atoms with Crippen LogP contribution in [0.4, 0.5) is 0 Å². The van der Waals surface area contributed by atoms with Crippen LogP contribution in [-0.4, -0.2) is 26.1 Å². The average molecular weight is 375 g/mol. The third-order valence-electron chi connectivity index (χ3n) is 4.56. The summed E-state index contributed by atoms with van der Waals surface area (Å²) in [5.74, 6) is -0.237. The minimum Gasteiger partial charge on any atom is -0.352 e. The third-order valence-corrected chi connectivity index (χ3v) is 5.40. The van der Waals surface area contributed by atoms with Crippen LogP contribution in [-0.2, 0) is 26.9 Å². The number of amides is 1. The first kappa shape index (κ1) is 20.9. The number of benzene rings is 1. The van der Waals surface area contributed by atoms with Crippen LogP contribution in [0.5, 0.6) is 0 Å². The second kappa shape index (κ2) is 8.32. The van der Waals surface area contributed by atoms with Crippen molar-refractivity contribution in [1.29, 1.82) is 0 Å². The molecule has 136 valence electrons. The zero-order valence-electron chi connectivity index (χ0n) is 14.2. The first-order valence-corrected chi connectivity index (χ1v) is 10.1. The molecule has 1 aliphatic rings. The van der Waals surface area contributed by atoms with Crippen molar-refractivity contribution in [2.75, 3.05) is 6.26 Å². The average Bonchev–Trinajstić information content (AvgIpc) is 2.44. The molecule has 1 amide bonds. The molecule has 5 nitrogen and oxygen atoms in total. The molecule has 1 fully saturated rings. The monoisotopic (exact) mass is 374 g/mol. The Kier molecular flexibility index (Phi) is 7.25. The Bertz CT molecular complexity index is 674. The van der Waals surface area contributed by atoms with E-state index in [0.717, 1.165) is 36.8 Å². The zero-order valence-corrected chi connectivity index (χ0v) is 15.9. The van der Waals surface area contributed by atoms with Gasteiger partial charge in [-0.15, -0.1) is 12.4 Å². The van der Waals surface area contributed by atoms with Gasteiger partial charge >= 0.3 is 0 Å². The molecule has 0 spiro atoms. The van der Waals surface area contributed by atoms with Crippen LogP contribution in [0.25, 0.3) is 0 Å². The van der Waals surface area contributed by atoms with E-state index < -0.39 is 15.4 Å². The lowest BCUT2D eigenvalue weighted by molar-refractivity contribution is -0.128. The summed E-state index contributed by atoms with van der Waals surface area (Å²) in [4.78, 5) is 12.5. The van der Waals surface area contributed by atoms with Crippen LogP contribution in [0, 0.1) is 5.92 Å². The fourth-order valence-corrected chi connectivity index (χ4v) is 4.09. The molecule has 0 aromatic heterocycles. The van der Waals surface area contributed by atoms with Crippen LogP contribution in [0.2, 0.25) is 0 Å². The van der Waals surface area contributed by atoms with E-state index in [1.54, 1.807) is 6.07 Å². The molecular formula is C17H27ClN2O3S. The first-order chi connectivity index (χ1) is 10.7. The summed E-state index contributed by atoms with van der Waals surface area (Å²) in [5.41, 5.74) is 7.37. The molecule has 2 rings (SSSR count). The van der Waals surface area contributed by atoms with Crippen LogP contribution in [0.1, 0.15) is 43.7 Å². The smallest absolute Gasteiger partial charge is 0.225 e. The molecule has 1 aliphatic carbocycles. The number of sulfone groups is 1. The van der Waals surface area contributed by atoms with Gasteiger partial charge in [-0.05, 0) is 30.9 Å². The molecular weight excluding hydrogens is 348 g/mol. The predicted octanol–water partition coefficient (Wildman–Crippen LogP) is 2.18. The number of hydrogen-bond acceptors (Lipinski definition) is 4. The second-order valence-electron chi connectivity index (χ2n) is 6.86. The molecule has 24 heavy (non-hydrogen) atoms. The summed E-state index contributed by atoms with van der Waals surface area (Å²) in [6.07, 6.45) is 4.97. The summed E-state index contributed by atoms with van der Waals surface area (Å²) in [6, 6.07) is 7.30. The van der Waals surface area contributed by atoms with E-state index in [-0.39, 0.29) is 30.0 Å². The van der Waals surface area contributed by atoms with Crippen molar-refractivity contribution in [2.24, 2.45) is 11.7 Å². The van der Waals surface area contributed by atoms with Gasteiger partial charge < -0.3 is 11.1 Å². The molecule has 3 N–H and O–H groups in total. The zero-order chi connectivity index (χ0) is 17.1. The first-order valence-electron chi connectivity index (χ1n) is 8.00. The standard InChI is InChI=1S/C17H26N2O3S.ClH/c1-17(18)10-6-5-9-15(17)16(20)19-11-13-7-3-4-8-14(13)12-23(2,21)22;/h3-4,7-8,15H,5-6,9-12,18H2,1-2H3,(H,19,20);1H. The van der Waals surface area contributed by atoms with E-state index in [4.69, 9.17) is 5.73 Å². The van der Waals surface area contributed by atoms with Gasteiger partial charge in [-0.3, -0.25) is 4.79 Å². The van der Waals surface area contributed by atoms with E-state index >= 15 is 0 Å². The fourth-order valence-electron chi connectivity index (χ4n) is 3.25. The van der Waals surface area contributed by atoms with Crippen LogP contribution in [0.3, 0.4) is 0 Å².